The monoisotopic (exact) mass is 477 g/mol. The molecule has 0 radical (unpaired) electrons. The molecule has 1 unspecified atom stereocenters. The molecule has 148 valence electrons. The lowest BCUT2D eigenvalue weighted by atomic mass is 10.1. The van der Waals surface area contributed by atoms with E-state index in [1.807, 2.05) is 6.07 Å². The molecular formula is C19H33FIN5. The molecule has 1 aromatic carbocycles. The van der Waals surface area contributed by atoms with Gasteiger partial charge in [0, 0.05) is 52.9 Å². The van der Waals surface area contributed by atoms with E-state index in [-0.39, 0.29) is 29.8 Å². The van der Waals surface area contributed by atoms with Crippen molar-refractivity contribution in [2.75, 3.05) is 59.9 Å². The second-order valence-corrected chi connectivity index (χ2v) is 6.97. The summed E-state index contributed by atoms with van der Waals surface area (Å²) in [5.74, 6) is 1.18. The Balaban J connectivity index is 0.00000338. The number of benzene rings is 1. The molecule has 0 bridgehead atoms. The van der Waals surface area contributed by atoms with Crippen molar-refractivity contribution in [1.82, 2.24) is 20.4 Å². The van der Waals surface area contributed by atoms with Crippen LogP contribution in [0, 0.1) is 11.7 Å². The fraction of sp³-hybridized carbons (Fsp3) is 0.632. The van der Waals surface area contributed by atoms with Crippen LogP contribution in [0.1, 0.15) is 12.5 Å². The van der Waals surface area contributed by atoms with Crippen LogP contribution in [0.5, 0.6) is 0 Å². The molecule has 0 spiro atoms. The van der Waals surface area contributed by atoms with Crippen LogP contribution < -0.4 is 10.6 Å². The molecule has 1 aliphatic rings. The summed E-state index contributed by atoms with van der Waals surface area (Å²) in [4.78, 5) is 9.18. The first-order valence-corrected chi connectivity index (χ1v) is 9.16. The number of piperazine rings is 1. The minimum Gasteiger partial charge on any atom is -0.356 e. The van der Waals surface area contributed by atoms with Crippen LogP contribution in [0.25, 0.3) is 0 Å². The predicted octanol–water partition coefficient (Wildman–Crippen LogP) is 2.03. The largest absolute Gasteiger partial charge is 0.356 e. The average Bonchev–Trinajstić information content (AvgIpc) is 2.60. The Morgan fingerprint density at radius 3 is 2.62 bits per heavy atom. The maximum absolute atomic E-state index is 13.2. The first-order valence-electron chi connectivity index (χ1n) is 9.16. The van der Waals surface area contributed by atoms with E-state index in [0.29, 0.717) is 5.92 Å². The fourth-order valence-electron chi connectivity index (χ4n) is 3.04. The summed E-state index contributed by atoms with van der Waals surface area (Å²) in [6.45, 7) is 9.63. The number of guanidine groups is 1. The fourth-order valence-corrected chi connectivity index (χ4v) is 3.04. The molecule has 2 N–H and O–H groups in total. The Kier molecular flexibility index (Phi) is 11.1. The van der Waals surface area contributed by atoms with Crippen LogP contribution >= 0.6 is 24.0 Å². The van der Waals surface area contributed by atoms with Crippen molar-refractivity contribution >= 4 is 29.9 Å². The normalized spacial score (nSPS) is 17.5. The summed E-state index contributed by atoms with van der Waals surface area (Å²) in [6.07, 6.45) is 0.773. The lowest BCUT2D eigenvalue weighted by Gasteiger charge is -2.34. The van der Waals surface area contributed by atoms with Crippen LogP contribution in [0.15, 0.2) is 29.3 Å². The smallest absolute Gasteiger partial charge is 0.190 e. The van der Waals surface area contributed by atoms with Gasteiger partial charge in [-0.15, -0.1) is 24.0 Å². The Morgan fingerprint density at radius 2 is 1.96 bits per heavy atom. The highest BCUT2D eigenvalue weighted by atomic mass is 127. The van der Waals surface area contributed by atoms with E-state index in [1.165, 1.54) is 6.07 Å². The zero-order valence-corrected chi connectivity index (χ0v) is 18.5. The van der Waals surface area contributed by atoms with Crippen LogP contribution in [0.4, 0.5) is 4.39 Å². The van der Waals surface area contributed by atoms with Gasteiger partial charge in [-0.1, -0.05) is 19.1 Å². The lowest BCUT2D eigenvalue weighted by Crippen LogP contribution is -2.47. The summed E-state index contributed by atoms with van der Waals surface area (Å²) in [5.41, 5.74) is 0.992. The van der Waals surface area contributed by atoms with E-state index >= 15 is 0 Å². The van der Waals surface area contributed by atoms with Crippen molar-refractivity contribution < 1.29 is 4.39 Å². The number of nitrogens with one attached hydrogen (secondary N) is 2. The van der Waals surface area contributed by atoms with Gasteiger partial charge in [0.2, 0.25) is 0 Å². The third kappa shape index (κ3) is 8.64. The molecule has 1 atom stereocenters. The maximum atomic E-state index is 13.2. The highest BCUT2D eigenvalue weighted by Gasteiger charge is 2.16. The van der Waals surface area contributed by atoms with Gasteiger partial charge >= 0.3 is 0 Å². The minimum atomic E-state index is -0.183. The van der Waals surface area contributed by atoms with E-state index in [1.54, 1.807) is 19.2 Å². The Bertz CT molecular complexity index is 546. The van der Waals surface area contributed by atoms with Gasteiger partial charge in [-0.2, -0.15) is 0 Å². The second kappa shape index (κ2) is 12.5. The number of hydrogen-bond acceptors (Lipinski definition) is 3. The van der Waals surface area contributed by atoms with Gasteiger partial charge in [-0.25, -0.2) is 4.39 Å². The highest BCUT2D eigenvalue weighted by Crippen LogP contribution is 2.04. The van der Waals surface area contributed by atoms with Crippen molar-refractivity contribution in [1.29, 1.82) is 0 Å². The van der Waals surface area contributed by atoms with Crippen LogP contribution in [0.3, 0.4) is 0 Å². The van der Waals surface area contributed by atoms with Gasteiger partial charge in [0.1, 0.15) is 5.82 Å². The van der Waals surface area contributed by atoms with Crippen molar-refractivity contribution in [3.63, 3.8) is 0 Å². The standard InChI is InChI=1S/C19H32FN5.HI/c1-16(15-25-11-9-24(3)10-12-25)14-23-19(21-2)22-8-7-17-5-4-6-18(20)13-17;/h4-6,13,16H,7-12,14-15H2,1-3H3,(H2,21,22,23);1H. The van der Waals surface area contributed by atoms with Gasteiger partial charge in [-0.3, -0.25) is 4.99 Å². The summed E-state index contributed by atoms with van der Waals surface area (Å²) in [7, 11) is 3.96. The molecule has 0 aliphatic carbocycles. The molecule has 0 aromatic heterocycles. The molecule has 1 aliphatic heterocycles. The van der Waals surface area contributed by atoms with Crippen LogP contribution in [0.2, 0.25) is 0 Å². The lowest BCUT2D eigenvalue weighted by molar-refractivity contribution is 0.139. The number of rotatable bonds is 7. The molecule has 1 saturated heterocycles. The third-order valence-electron chi connectivity index (χ3n) is 4.60. The Hall–Kier alpha value is -0.930. The highest BCUT2D eigenvalue weighted by molar-refractivity contribution is 14.0. The van der Waals surface area contributed by atoms with Crippen molar-refractivity contribution in [3.8, 4) is 0 Å². The first-order chi connectivity index (χ1) is 12.1. The quantitative estimate of drug-likeness (QED) is 0.359. The molecular weight excluding hydrogens is 444 g/mol. The zero-order valence-electron chi connectivity index (χ0n) is 16.2. The summed E-state index contributed by atoms with van der Waals surface area (Å²) >= 11 is 0. The zero-order chi connectivity index (χ0) is 18.1. The second-order valence-electron chi connectivity index (χ2n) is 6.97. The molecule has 0 saturated carbocycles. The van der Waals surface area contributed by atoms with Crippen molar-refractivity contribution in [2.45, 2.75) is 13.3 Å². The van der Waals surface area contributed by atoms with E-state index in [0.717, 1.165) is 63.8 Å². The molecule has 26 heavy (non-hydrogen) atoms. The predicted molar refractivity (Wildman–Crippen MR) is 118 cm³/mol. The van der Waals surface area contributed by atoms with Gasteiger partial charge in [-0.05, 0) is 37.1 Å². The van der Waals surface area contributed by atoms with E-state index in [2.05, 4.69) is 39.4 Å². The molecule has 5 nitrogen and oxygen atoms in total. The molecule has 7 heteroatoms. The molecule has 1 fully saturated rings. The number of halogens is 2. The number of nitrogens with zero attached hydrogens (tertiary/aromatic N) is 3. The van der Waals surface area contributed by atoms with E-state index < -0.39 is 0 Å². The summed E-state index contributed by atoms with van der Waals surface area (Å²) in [6, 6.07) is 6.74. The Morgan fingerprint density at radius 1 is 1.23 bits per heavy atom. The minimum absolute atomic E-state index is 0. The Labute approximate surface area is 174 Å². The van der Waals surface area contributed by atoms with Gasteiger partial charge < -0.3 is 20.4 Å². The first kappa shape index (κ1) is 23.1. The maximum Gasteiger partial charge on any atom is 0.190 e. The van der Waals surface area contributed by atoms with Crippen molar-refractivity contribution in [2.24, 2.45) is 10.9 Å². The third-order valence-corrected chi connectivity index (χ3v) is 4.60. The molecule has 1 heterocycles. The summed E-state index contributed by atoms with van der Waals surface area (Å²) in [5, 5.41) is 6.69. The molecule has 0 amide bonds. The summed E-state index contributed by atoms with van der Waals surface area (Å²) < 4.78 is 13.2. The number of likely N-dealkylation sites (N-methyl/N-ethyl adjacent to an activating group) is 1. The van der Waals surface area contributed by atoms with E-state index in [4.69, 9.17) is 0 Å². The number of aliphatic imine (C=N–C) groups is 1. The molecule has 2 rings (SSSR count). The SMILES string of the molecule is CN=C(NCCc1cccc(F)c1)NCC(C)CN1CCN(C)CC1.I. The topological polar surface area (TPSA) is 42.9 Å². The van der Waals surface area contributed by atoms with Crippen molar-refractivity contribution in [3.05, 3.63) is 35.6 Å². The number of hydrogen-bond donors (Lipinski definition) is 2. The van der Waals surface area contributed by atoms with Gasteiger partial charge in [0.25, 0.3) is 0 Å². The van der Waals surface area contributed by atoms with Crippen LogP contribution in [-0.4, -0.2) is 75.7 Å². The van der Waals surface area contributed by atoms with Gasteiger partial charge in [0.15, 0.2) is 5.96 Å². The van der Waals surface area contributed by atoms with Gasteiger partial charge in [0.05, 0.1) is 0 Å². The van der Waals surface area contributed by atoms with Crippen LogP contribution in [-0.2, 0) is 6.42 Å². The average molecular weight is 477 g/mol. The molecule has 1 aromatic rings. The van der Waals surface area contributed by atoms with E-state index in [9.17, 15) is 4.39 Å².